The van der Waals surface area contributed by atoms with Gasteiger partial charge in [0.15, 0.2) is 0 Å². The number of hydrogen-bond donors (Lipinski definition) is 1. The molecule has 1 aromatic rings. The number of nitrogens with one attached hydrogen (secondary N) is 1. The largest absolute Gasteiger partial charge is 0.464 e. The summed E-state index contributed by atoms with van der Waals surface area (Å²) in [5.41, 5.74) is 1.21. The van der Waals surface area contributed by atoms with Gasteiger partial charge < -0.3 is 14.8 Å². The lowest BCUT2D eigenvalue weighted by Crippen LogP contribution is -2.07. The van der Waals surface area contributed by atoms with Crippen LogP contribution in [-0.2, 0) is 9.47 Å². The van der Waals surface area contributed by atoms with Gasteiger partial charge in [0.2, 0.25) is 0 Å². The second kappa shape index (κ2) is 8.47. The highest BCUT2D eigenvalue weighted by Gasteiger charge is 2.06. The van der Waals surface area contributed by atoms with Gasteiger partial charge in [-0.3, -0.25) is 0 Å². The minimum atomic E-state index is -0.418. The molecule has 1 heterocycles. The van der Waals surface area contributed by atoms with Crippen LogP contribution in [-0.4, -0.2) is 38.3 Å². The highest BCUT2D eigenvalue weighted by Crippen LogP contribution is 2.09. The molecule has 0 fully saturated rings. The van der Waals surface area contributed by atoms with Crippen molar-refractivity contribution in [2.75, 3.05) is 32.7 Å². The van der Waals surface area contributed by atoms with Crippen molar-refractivity contribution in [2.45, 2.75) is 19.3 Å². The monoisotopic (exact) mass is 252 g/mol. The van der Waals surface area contributed by atoms with E-state index in [4.69, 9.17) is 4.74 Å². The summed E-state index contributed by atoms with van der Waals surface area (Å²) in [4.78, 5) is 15.2. The molecule has 1 N–H and O–H groups in total. The standard InChI is InChI=1S/C13H20N2O3/c1-17-9-5-3-4-7-14-11-6-8-15-12(10-11)13(16)18-2/h6,8,10H,3-5,7,9H2,1-2H3,(H,14,15). The van der Waals surface area contributed by atoms with E-state index in [2.05, 4.69) is 15.0 Å². The number of esters is 1. The maximum absolute atomic E-state index is 11.3. The van der Waals surface area contributed by atoms with Gasteiger partial charge in [0.05, 0.1) is 7.11 Å². The van der Waals surface area contributed by atoms with Crippen LogP contribution >= 0.6 is 0 Å². The topological polar surface area (TPSA) is 60.5 Å². The molecule has 18 heavy (non-hydrogen) atoms. The van der Waals surface area contributed by atoms with Gasteiger partial charge in [0.1, 0.15) is 5.69 Å². The van der Waals surface area contributed by atoms with Crippen molar-refractivity contribution < 1.29 is 14.3 Å². The van der Waals surface area contributed by atoms with Crippen LogP contribution in [0.3, 0.4) is 0 Å². The number of carbonyl (C=O) groups excluding carboxylic acids is 1. The highest BCUT2D eigenvalue weighted by atomic mass is 16.5. The number of hydrogen-bond acceptors (Lipinski definition) is 5. The predicted octanol–water partition coefficient (Wildman–Crippen LogP) is 2.10. The fourth-order valence-electron chi connectivity index (χ4n) is 1.54. The Labute approximate surface area is 108 Å². The first-order valence-electron chi connectivity index (χ1n) is 6.05. The van der Waals surface area contributed by atoms with Gasteiger partial charge in [0, 0.05) is 32.1 Å². The van der Waals surface area contributed by atoms with Gasteiger partial charge in [0.25, 0.3) is 0 Å². The molecule has 0 bridgehead atoms. The summed E-state index contributed by atoms with van der Waals surface area (Å²) in [6.07, 6.45) is 4.86. The fraction of sp³-hybridized carbons (Fsp3) is 0.538. The fourth-order valence-corrected chi connectivity index (χ4v) is 1.54. The minimum absolute atomic E-state index is 0.321. The summed E-state index contributed by atoms with van der Waals surface area (Å²) < 4.78 is 9.60. The summed E-state index contributed by atoms with van der Waals surface area (Å²) in [5, 5.41) is 3.25. The van der Waals surface area contributed by atoms with Crippen LogP contribution in [0.5, 0.6) is 0 Å². The van der Waals surface area contributed by atoms with E-state index in [0.717, 1.165) is 38.1 Å². The molecule has 0 amide bonds. The Bertz CT molecular complexity index is 369. The van der Waals surface area contributed by atoms with E-state index in [-0.39, 0.29) is 0 Å². The van der Waals surface area contributed by atoms with Crippen molar-refractivity contribution in [1.29, 1.82) is 0 Å². The molecule has 1 rings (SSSR count). The van der Waals surface area contributed by atoms with Crippen LogP contribution in [0.25, 0.3) is 0 Å². The Morgan fingerprint density at radius 3 is 2.89 bits per heavy atom. The lowest BCUT2D eigenvalue weighted by atomic mass is 10.2. The Balaban J connectivity index is 2.32. The molecule has 0 atom stereocenters. The number of carbonyl (C=O) groups is 1. The molecule has 0 spiro atoms. The molecule has 0 saturated heterocycles. The third-order valence-electron chi connectivity index (χ3n) is 2.51. The number of methoxy groups -OCH3 is 2. The number of aromatic nitrogens is 1. The molecule has 5 nitrogen and oxygen atoms in total. The maximum Gasteiger partial charge on any atom is 0.356 e. The van der Waals surface area contributed by atoms with Crippen molar-refractivity contribution in [2.24, 2.45) is 0 Å². The quantitative estimate of drug-likeness (QED) is 0.567. The van der Waals surface area contributed by atoms with E-state index in [1.54, 1.807) is 19.4 Å². The van der Waals surface area contributed by atoms with Gasteiger partial charge in [-0.05, 0) is 31.4 Å². The summed E-state index contributed by atoms with van der Waals surface area (Å²) >= 11 is 0. The Kier molecular flexibility index (Phi) is 6.79. The Morgan fingerprint density at radius 1 is 1.33 bits per heavy atom. The van der Waals surface area contributed by atoms with Crippen molar-refractivity contribution in [3.8, 4) is 0 Å². The summed E-state index contributed by atoms with van der Waals surface area (Å²) in [5.74, 6) is -0.418. The molecule has 0 aliphatic rings. The molecular formula is C13H20N2O3. The minimum Gasteiger partial charge on any atom is -0.464 e. The molecular weight excluding hydrogens is 232 g/mol. The van der Waals surface area contributed by atoms with E-state index in [1.165, 1.54) is 7.11 Å². The first-order chi connectivity index (χ1) is 8.77. The van der Waals surface area contributed by atoms with Gasteiger partial charge in [-0.15, -0.1) is 0 Å². The third-order valence-corrected chi connectivity index (χ3v) is 2.51. The number of ether oxygens (including phenoxy) is 2. The number of rotatable bonds is 8. The molecule has 0 aliphatic heterocycles. The highest BCUT2D eigenvalue weighted by molar-refractivity contribution is 5.88. The second-order valence-electron chi connectivity index (χ2n) is 3.90. The SMILES string of the molecule is COCCCCCNc1ccnc(C(=O)OC)c1. The average Bonchev–Trinajstić information content (AvgIpc) is 2.42. The molecule has 0 unspecified atom stereocenters. The van der Waals surface area contributed by atoms with Crippen molar-refractivity contribution in [3.05, 3.63) is 24.0 Å². The van der Waals surface area contributed by atoms with Crippen LogP contribution in [0, 0.1) is 0 Å². The first-order valence-corrected chi connectivity index (χ1v) is 6.05. The summed E-state index contributed by atoms with van der Waals surface area (Å²) in [6, 6.07) is 3.53. The Hall–Kier alpha value is -1.62. The van der Waals surface area contributed by atoms with Crippen LogP contribution in [0.1, 0.15) is 29.8 Å². The summed E-state index contributed by atoms with van der Waals surface area (Å²) in [6.45, 7) is 1.68. The van der Waals surface area contributed by atoms with Gasteiger partial charge >= 0.3 is 5.97 Å². The van der Waals surface area contributed by atoms with E-state index < -0.39 is 5.97 Å². The molecule has 0 radical (unpaired) electrons. The van der Waals surface area contributed by atoms with E-state index in [0.29, 0.717) is 5.69 Å². The van der Waals surface area contributed by atoms with E-state index >= 15 is 0 Å². The average molecular weight is 252 g/mol. The predicted molar refractivity (Wildman–Crippen MR) is 69.8 cm³/mol. The first kappa shape index (κ1) is 14.4. The van der Waals surface area contributed by atoms with Gasteiger partial charge in [-0.2, -0.15) is 0 Å². The number of anilines is 1. The third kappa shape index (κ3) is 5.14. The molecule has 0 aromatic carbocycles. The zero-order chi connectivity index (χ0) is 13.2. The van der Waals surface area contributed by atoms with Gasteiger partial charge in [-0.25, -0.2) is 9.78 Å². The number of pyridine rings is 1. The molecule has 0 aliphatic carbocycles. The lowest BCUT2D eigenvalue weighted by molar-refractivity contribution is 0.0594. The van der Waals surface area contributed by atoms with Crippen LogP contribution in [0.4, 0.5) is 5.69 Å². The van der Waals surface area contributed by atoms with Crippen molar-refractivity contribution in [3.63, 3.8) is 0 Å². The second-order valence-corrected chi connectivity index (χ2v) is 3.90. The van der Waals surface area contributed by atoms with E-state index in [1.807, 2.05) is 6.07 Å². The van der Waals surface area contributed by atoms with Crippen molar-refractivity contribution in [1.82, 2.24) is 4.98 Å². The maximum atomic E-state index is 11.3. The summed E-state index contributed by atoms with van der Waals surface area (Å²) in [7, 11) is 3.06. The zero-order valence-corrected chi connectivity index (χ0v) is 10.9. The molecule has 1 aromatic heterocycles. The van der Waals surface area contributed by atoms with Crippen molar-refractivity contribution >= 4 is 11.7 Å². The molecule has 5 heteroatoms. The molecule has 100 valence electrons. The number of unbranched alkanes of at least 4 members (excludes halogenated alkanes) is 2. The molecule has 0 saturated carbocycles. The normalized spacial score (nSPS) is 10.1. The lowest BCUT2D eigenvalue weighted by Gasteiger charge is -2.07. The van der Waals surface area contributed by atoms with Gasteiger partial charge in [-0.1, -0.05) is 0 Å². The van der Waals surface area contributed by atoms with Crippen LogP contribution < -0.4 is 5.32 Å². The smallest absolute Gasteiger partial charge is 0.356 e. The van der Waals surface area contributed by atoms with Crippen LogP contribution in [0.2, 0.25) is 0 Å². The Morgan fingerprint density at radius 2 is 2.17 bits per heavy atom. The van der Waals surface area contributed by atoms with Crippen LogP contribution in [0.15, 0.2) is 18.3 Å². The number of nitrogens with zero attached hydrogens (tertiary/aromatic N) is 1. The van der Waals surface area contributed by atoms with E-state index in [9.17, 15) is 4.79 Å². The zero-order valence-electron chi connectivity index (χ0n) is 10.9.